The van der Waals surface area contributed by atoms with E-state index in [2.05, 4.69) is 29.6 Å². The van der Waals surface area contributed by atoms with Crippen LogP contribution in [0.25, 0.3) is 0 Å². The van der Waals surface area contributed by atoms with Gasteiger partial charge in [-0.15, -0.1) is 0 Å². The Kier molecular flexibility index (Phi) is 10.3. The van der Waals surface area contributed by atoms with Gasteiger partial charge in [0.1, 0.15) is 22.8 Å². The normalized spacial score (nSPS) is 16.4. The molecule has 3 aromatic heterocycles. The van der Waals surface area contributed by atoms with E-state index in [1.54, 1.807) is 36.7 Å². The van der Waals surface area contributed by atoms with Gasteiger partial charge in [0.25, 0.3) is 0 Å². The lowest BCUT2D eigenvalue weighted by atomic mass is 10.2. The summed E-state index contributed by atoms with van der Waals surface area (Å²) in [5.74, 6) is 0.677. The number of carbonyl (C=O) groups excluding carboxylic acids is 2. The van der Waals surface area contributed by atoms with Crippen LogP contribution in [0.1, 0.15) is 59.8 Å². The third kappa shape index (κ3) is 8.06. The van der Waals surface area contributed by atoms with Gasteiger partial charge in [-0.2, -0.15) is 0 Å². The molecule has 0 unspecified atom stereocenters. The number of carbonyl (C=O) groups is 2. The molecule has 2 aliphatic rings. The maximum absolute atomic E-state index is 12.6. The Morgan fingerprint density at radius 3 is 1.36 bits per heavy atom. The first-order valence-corrected chi connectivity index (χ1v) is 15.3. The van der Waals surface area contributed by atoms with Crippen LogP contribution in [-0.4, -0.2) is 106 Å². The van der Waals surface area contributed by atoms with Crippen LogP contribution < -0.4 is 9.80 Å². The molecule has 0 saturated carbocycles. The molecule has 12 nitrogen and oxygen atoms in total. The highest BCUT2D eigenvalue weighted by atomic mass is 16.5. The predicted octanol–water partition coefficient (Wildman–Crippen LogP) is 3.04. The SMILES string of the molecule is CC(C)OC(=O)c1cccnc1N1CCN(Cc2cnc(CN3CCN(c4ncccc4C(=O)OC(C)C)CC3)cn2)CC1. The lowest BCUT2D eigenvalue weighted by molar-refractivity contribution is 0.0367. The van der Waals surface area contributed by atoms with Crippen molar-refractivity contribution in [2.75, 3.05) is 62.2 Å². The molecule has 3 aromatic rings. The van der Waals surface area contributed by atoms with Crippen molar-refractivity contribution in [1.82, 2.24) is 29.7 Å². The summed E-state index contributed by atoms with van der Waals surface area (Å²) in [5.41, 5.74) is 2.87. The van der Waals surface area contributed by atoms with Crippen molar-refractivity contribution < 1.29 is 19.1 Å². The standard InChI is InChI=1S/C32H42N8O4/c1-23(2)43-31(41)27-7-5-9-33-29(27)39-15-11-37(12-16-39)21-25-19-36-26(20-35-25)22-38-13-17-40(18-14-38)30-28(8-6-10-34-30)32(42)44-24(3)4/h5-10,19-20,23-24H,11-18,21-22H2,1-4H3. The highest BCUT2D eigenvalue weighted by Crippen LogP contribution is 2.22. The number of anilines is 2. The van der Waals surface area contributed by atoms with Crippen LogP contribution in [0.2, 0.25) is 0 Å². The third-order valence-electron chi connectivity index (χ3n) is 7.57. The molecule has 0 aliphatic carbocycles. The quantitative estimate of drug-likeness (QED) is 0.318. The molecule has 2 fully saturated rings. The molecular weight excluding hydrogens is 560 g/mol. The summed E-state index contributed by atoms with van der Waals surface area (Å²) < 4.78 is 10.8. The van der Waals surface area contributed by atoms with Gasteiger partial charge in [0.15, 0.2) is 0 Å². The largest absolute Gasteiger partial charge is 0.459 e. The molecule has 0 spiro atoms. The van der Waals surface area contributed by atoms with Gasteiger partial charge < -0.3 is 19.3 Å². The first-order chi connectivity index (χ1) is 21.3. The van der Waals surface area contributed by atoms with E-state index in [0.717, 1.165) is 76.8 Å². The number of hydrogen-bond acceptors (Lipinski definition) is 12. The lowest BCUT2D eigenvalue weighted by Crippen LogP contribution is -2.47. The third-order valence-corrected chi connectivity index (χ3v) is 7.57. The Morgan fingerprint density at radius 1 is 0.636 bits per heavy atom. The van der Waals surface area contributed by atoms with Gasteiger partial charge in [-0.25, -0.2) is 19.6 Å². The average molecular weight is 603 g/mol. The molecule has 5 rings (SSSR count). The maximum Gasteiger partial charge on any atom is 0.342 e. The van der Waals surface area contributed by atoms with Crippen LogP contribution in [0.15, 0.2) is 49.1 Å². The number of aromatic nitrogens is 4. The van der Waals surface area contributed by atoms with Gasteiger partial charge in [-0.1, -0.05) is 0 Å². The van der Waals surface area contributed by atoms with E-state index in [-0.39, 0.29) is 24.1 Å². The molecule has 44 heavy (non-hydrogen) atoms. The van der Waals surface area contributed by atoms with Gasteiger partial charge in [0, 0.05) is 77.8 Å². The molecule has 0 N–H and O–H groups in total. The lowest BCUT2D eigenvalue weighted by Gasteiger charge is -2.36. The average Bonchev–Trinajstić information content (AvgIpc) is 3.02. The van der Waals surface area contributed by atoms with E-state index in [1.165, 1.54) is 0 Å². The molecule has 0 bridgehead atoms. The monoisotopic (exact) mass is 602 g/mol. The van der Waals surface area contributed by atoms with E-state index in [9.17, 15) is 9.59 Å². The minimum Gasteiger partial charge on any atom is -0.459 e. The molecule has 12 heteroatoms. The highest BCUT2D eigenvalue weighted by molar-refractivity contribution is 5.95. The van der Waals surface area contributed by atoms with E-state index >= 15 is 0 Å². The zero-order chi connectivity index (χ0) is 31.1. The van der Waals surface area contributed by atoms with Crippen molar-refractivity contribution in [3.63, 3.8) is 0 Å². The topological polar surface area (TPSA) is 117 Å². The summed E-state index contributed by atoms with van der Waals surface area (Å²) in [6.45, 7) is 15.2. The minimum absolute atomic E-state index is 0.181. The molecule has 0 radical (unpaired) electrons. The predicted molar refractivity (Wildman–Crippen MR) is 167 cm³/mol. The molecule has 234 valence electrons. The van der Waals surface area contributed by atoms with Gasteiger partial charge in [-0.3, -0.25) is 19.8 Å². The fraction of sp³-hybridized carbons (Fsp3) is 0.500. The van der Waals surface area contributed by atoms with Crippen molar-refractivity contribution in [1.29, 1.82) is 0 Å². The summed E-state index contributed by atoms with van der Waals surface area (Å²) in [5, 5.41) is 0. The smallest absolute Gasteiger partial charge is 0.342 e. The second kappa shape index (κ2) is 14.5. The minimum atomic E-state index is -0.339. The second-order valence-corrected chi connectivity index (χ2v) is 11.7. The van der Waals surface area contributed by atoms with E-state index in [0.29, 0.717) is 22.8 Å². The van der Waals surface area contributed by atoms with Crippen LogP contribution in [0.4, 0.5) is 11.6 Å². The summed E-state index contributed by atoms with van der Waals surface area (Å²) >= 11 is 0. The number of nitrogens with zero attached hydrogens (tertiary/aromatic N) is 8. The molecule has 2 aliphatic heterocycles. The van der Waals surface area contributed by atoms with Gasteiger partial charge in [0.2, 0.25) is 0 Å². The zero-order valence-corrected chi connectivity index (χ0v) is 26.1. The van der Waals surface area contributed by atoms with Crippen molar-refractivity contribution >= 4 is 23.6 Å². The van der Waals surface area contributed by atoms with Gasteiger partial charge >= 0.3 is 11.9 Å². The van der Waals surface area contributed by atoms with Crippen LogP contribution in [0, 0.1) is 0 Å². The van der Waals surface area contributed by atoms with Crippen molar-refractivity contribution in [2.45, 2.75) is 53.0 Å². The van der Waals surface area contributed by atoms with Gasteiger partial charge in [0.05, 0.1) is 36.0 Å². The highest BCUT2D eigenvalue weighted by Gasteiger charge is 2.26. The fourth-order valence-electron chi connectivity index (χ4n) is 5.41. The molecule has 0 amide bonds. The first-order valence-electron chi connectivity index (χ1n) is 15.3. The molecule has 5 heterocycles. The number of piperazine rings is 2. The molecule has 2 saturated heterocycles. The van der Waals surface area contributed by atoms with Crippen molar-refractivity contribution in [3.05, 3.63) is 71.6 Å². The summed E-state index contributed by atoms with van der Waals surface area (Å²) in [6, 6.07) is 7.09. The number of rotatable bonds is 10. The summed E-state index contributed by atoms with van der Waals surface area (Å²) in [7, 11) is 0. The van der Waals surface area contributed by atoms with E-state index in [4.69, 9.17) is 19.4 Å². The van der Waals surface area contributed by atoms with E-state index < -0.39 is 0 Å². The summed E-state index contributed by atoms with van der Waals surface area (Å²) in [6.07, 6.45) is 6.81. The number of esters is 2. The Hall–Kier alpha value is -4.16. The Labute approximate surface area is 259 Å². The van der Waals surface area contributed by atoms with Crippen LogP contribution in [0.3, 0.4) is 0 Å². The zero-order valence-electron chi connectivity index (χ0n) is 26.1. The second-order valence-electron chi connectivity index (χ2n) is 11.7. The van der Waals surface area contributed by atoms with Crippen molar-refractivity contribution in [2.24, 2.45) is 0 Å². The Bertz CT molecular complexity index is 1290. The fourth-order valence-corrected chi connectivity index (χ4v) is 5.41. The number of ether oxygens (including phenoxy) is 2. The molecular formula is C32H42N8O4. The summed E-state index contributed by atoms with van der Waals surface area (Å²) in [4.78, 5) is 52.5. The Morgan fingerprint density at radius 2 is 1.02 bits per heavy atom. The van der Waals surface area contributed by atoms with Crippen LogP contribution in [0.5, 0.6) is 0 Å². The van der Waals surface area contributed by atoms with Crippen molar-refractivity contribution in [3.8, 4) is 0 Å². The number of pyridine rings is 2. The molecule has 0 aromatic carbocycles. The first kappa shape index (κ1) is 31.3. The van der Waals surface area contributed by atoms with Crippen LogP contribution in [-0.2, 0) is 22.6 Å². The molecule has 0 atom stereocenters. The maximum atomic E-state index is 12.6. The van der Waals surface area contributed by atoms with Crippen LogP contribution >= 0.6 is 0 Å². The Balaban J connectivity index is 1.09. The number of hydrogen-bond donors (Lipinski definition) is 0. The van der Waals surface area contributed by atoms with Gasteiger partial charge in [-0.05, 0) is 52.0 Å². The van der Waals surface area contributed by atoms with E-state index in [1.807, 2.05) is 40.1 Å².